The average molecular weight is 296 g/mol. The van der Waals surface area contributed by atoms with Crippen molar-refractivity contribution in [3.8, 4) is 5.75 Å². The van der Waals surface area contributed by atoms with Gasteiger partial charge >= 0.3 is 0 Å². The minimum atomic E-state index is -0.420. The van der Waals surface area contributed by atoms with Crippen molar-refractivity contribution in [3.63, 3.8) is 0 Å². The number of amides is 1. The molecule has 0 spiro atoms. The van der Waals surface area contributed by atoms with E-state index in [1.807, 2.05) is 0 Å². The Morgan fingerprint density at radius 1 is 1.14 bits per heavy atom. The lowest BCUT2D eigenvalue weighted by Crippen LogP contribution is -2.13. The Morgan fingerprint density at radius 3 is 2.59 bits per heavy atom. The van der Waals surface area contributed by atoms with Gasteiger partial charge in [-0.05, 0) is 55.5 Å². The molecular formula is C17H13FN2O2. The summed E-state index contributed by atoms with van der Waals surface area (Å²) in [5.74, 6) is -0.658. The van der Waals surface area contributed by atoms with Crippen molar-refractivity contribution in [1.29, 1.82) is 0 Å². The van der Waals surface area contributed by atoms with Crippen LogP contribution in [0.5, 0.6) is 5.75 Å². The SMILES string of the molecule is Cc1cc(C(=O)Nc2ccc(O)cc2)c2cc(F)ccc2n1. The molecule has 0 radical (unpaired) electrons. The molecule has 1 heterocycles. The maximum Gasteiger partial charge on any atom is 0.256 e. The Kier molecular flexibility index (Phi) is 3.47. The number of fused-ring (bicyclic) bond motifs is 1. The number of aromatic hydroxyl groups is 1. The van der Waals surface area contributed by atoms with Gasteiger partial charge in [0.2, 0.25) is 0 Å². The highest BCUT2D eigenvalue weighted by Gasteiger charge is 2.13. The molecule has 0 unspecified atom stereocenters. The zero-order valence-corrected chi connectivity index (χ0v) is 11.8. The highest BCUT2D eigenvalue weighted by Crippen LogP contribution is 2.21. The van der Waals surface area contributed by atoms with E-state index in [-0.39, 0.29) is 11.7 Å². The van der Waals surface area contributed by atoms with E-state index >= 15 is 0 Å². The first-order chi connectivity index (χ1) is 10.5. The summed E-state index contributed by atoms with van der Waals surface area (Å²) in [5, 5.41) is 12.4. The van der Waals surface area contributed by atoms with Gasteiger partial charge in [-0.1, -0.05) is 0 Å². The molecule has 0 aliphatic heterocycles. The van der Waals surface area contributed by atoms with Gasteiger partial charge in [0.15, 0.2) is 0 Å². The number of benzene rings is 2. The second-order valence-electron chi connectivity index (χ2n) is 4.97. The fraction of sp³-hybridized carbons (Fsp3) is 0.0588. The van der Waals surface area contributed by atoms with Gasteiger partial charge < -0.3 is 10.4 Å². The van der Waals surface area contributed by atoms with Crippen molar-refractivity contribution in [2.45, 2.75) is 6.92 Å². The molecule has 0 aliphatic carbocycles. The van der Waals surface area contributed by atoms with Crippen LogP contribution in [-0.4, -0.2) is 16.0 Å². The number of carbonyl (C=O) groups excluding carboxylic acids is 1. The van der Waals surface area contributed by atoms with E-state index in [0.29, 0.717) is 27.8 Å². The van der Waals surface area contributed by atoms with E-state index in [1.165, 1.54) is 24.3 Å². The van der Waals surface area contributed by atoms with E-state index in [0.717, 1.165) is 0 Å². The third kappa shape index (κ3) is 2.74. The topological polar surface area (TPSA) is 62.2 Å². The van der Waals surface area contributed by atoms with Gasteiger partial charge in [0.05, 0.1) is 11.1 Å². The largest absolute Gasteiger partial charge is 0.508 e. The lowest BCUT2D eigenvalue weighted by atomic mass is 10.1. The summed E-state index contributed by atoms with van der Waals surface area (Å²) in [5.41, 5.74) is 2.14. The van der Waals surface area contributed by atoms with Crippen LogP contribution in [0.2, 0.25) is 0 Å². The van der Waals surface area contributed by atoms with Crippen LogP contribution in [-0.2, 0) is 0 Å². The van der Waals surface area contributed by atoms with Gasteiger partial charge in [-0.2, -0.15) is 0 Å². The van der Waals surface area contributed by atoms with Gasteiger partial charge in [-0.3, -0.25) is 9.78 Å². The fourth-order valence-electron chi connectivity index (χ4n) is 2.26. The van der Waals surface area contributed by atoms with E-state index < -0.39 is 5.82 Å². The number of rotatable bonds is 2. The smallest absolute Gasteiger partial charge is 0.256 e. The predicted molar refractivity (Wildman–Crippen MR) is 82.5 cm³/mol. The molecule has 3 rings (SSSR count). The Labute approximate surface area is 126 Å². The Bertz CT molecular complexity index is 860. The van der Waals surface area contributed by atoms with Crippen LogP contribution < -0.4 is 5.32 Å². The van der Waals surface area contributed by atoms with Gasteiger partial charge in [-0.25, -0.2) is 4.39 Å². The second-order valence-corrected chi connectivity index (χ2v) is 4.97. The Hall–Kier alpha value is -2.95. The molecule has 5 heteroatoms. The van der Waals surface area contributed by atoms with Crippen LogP contribution >= 0.6 is 0 Å². The molecule has 1 amide bonds. The highest BCUT2D eigenvalue weighted by molar-refractivity contribution is 6.12. The van der Waals surface area contributed by atoms with Crippen LogP contribution in [0.25, 0.3) is 10.9 Å². The van der Waals surface area contributed by atoms with Crippen LogP contribution in [0, 0.1) is 12.7 Å². The lowest BCUT2D eigenvalue weighted by molar-refractivity contribution is 0.102. The number of aromatic nitrogens is 1. The van der Waals surface area contributed by atoms with Crippen LogP contribution in [0.3, 0.4) is 0 Å². The summed E-state index contributed by atoms with van der Waals surface area (Å²) >= 11 is 0. The zero-order valence-electron chi connectivity index (χ0n) is 11.8. The van der Waals surface area contributed by atoms with Gasteiger partial charge in [0.1, 0.15) is 11.6 Å². The summed E-state index contributed by atoms with van der Waals surface area (Å²) in [6.45, 7) is 1.78. The first-order valence-corrected chi connectivity index (χ1v) is 6.70. The van der Waals surface area contributed by atoms with Gasteiger partial charge in [-0.15, -0.1) is 0 Å². The van der Waals surface area contributed by atoms with Crippen molar-refractivity contribution in [2.75, 3.05) is 5.32 Å². The third-order valence-corrected chi connectivity index (χ3v) is 3.27. The molecule has 22 heavy (non-hydrogen) atoms. The Balaban J connectivity index is 2.03. The summed E-state index contributed by atoms with van der Waals surface area (Å²) in [6, 6.07) is 11.9. The van der Waals surface area contributed by atoms with Crippen molar-refractivity contribution < 1.29 is 14.3 Å². The van der Waals surface area contributed by atoms with E-state index in [2.05, 4.69) is 10.3 Å². The quantitative estimate of drug-likeness (QED) is 0.710. The normalized spacial score (nSPS) is 10.6. The third-order valence-electron chi connectivity index (χ3n) is 3.27. The number of anilines is 1. The van der Waals surface area contributed by atoms with E-state index in [9.17, 15) is 14.3 Å². The molecule has 2 N–H and O–H groups in total. The van der Waals surface area contributed by atoms with Crippen LogP contribution in [0.15, 0.2) is 48.5 Å². The maximum atomic E-state index is 13.5. The van der Waals surface area contributed by atoms with Crippen LogP contribution in [0.4, 0.5) is 10.1 Å². The number of pyridine rings is 1. The van der Waals surface area contributed by atoms with Crippen molar-refractivity contribution in [2.24, 2.45) is 0 Å². The number of hydrogen-bond acceptors (Lipinski definition) is 3. The van der Waals surface area contributed by atoms with Gasteiger partial charge in [0.25, 0.3) is 5.91 Å². The van der Waals surface area contributed by atoms with E-state index in [4.69, 9.17) is 0 Å². The molecule has 0 fully saturated rings. The number of hydrogen-bond donors (Lipinski definition) is 2. The maximum absolute atomic E-state index is 13.5. The van der Waals surface area contributed by atoms with Crippen LogP contribution in [0.1, 0.15) is 16.1 Å². The summed E-state index contributed by atoms with van der Waals surface area (Å²) in [6.07, 6.45) is 0. The highest BCUT2D eigenvalue weighted by atomic mass is 19.1. The fourth-order valence-corrected chi connectivity index (χ4v) is 2.26. The lowest BCUT2D eigenvalue weighted by Gasteiger charge is -2.09. The number of nitrogens with one attached hydrogen (secondary N) is 1. The summed E-state index contributed by atoms with van der Waals surface area (Å²) in [4.78, 5) is 16.8. The molecule has 0 saturated carbocycles. The van der Waals surface area contributed by atoms with Crippen molar-refractivity contribution in [1.82, 2.24) is 4.98 Å². The Morgan fingerprint density at radius 2 is 1.86 bits per heavy atom. The summed E-state index contributed by atoms with van der Waals surface area (Å²) < 4.78 is 13.5. The average Bonchev–Trinajstić information content (AvgIpc) is 2.49. The molecule has 0 atom stereocenters. The molecule has 110 valence electrons. The number of halogens is 1. The number of phenols is 1. The summed E-state index contributed by atoms with van der Waals surface area (Å²) in [7, 11) is 0. The standard InChI is InChI=1S/C17H13FN2O2/c1-10-8-15(14-9-11(18)2-7-16(14)19-10)17(22)20-12-3-5-13(21)6-4-12/h2-9,21H,1H3,(H,20,22). The van der Waals surface area contributed by atoms with Gasteiger partial charge in [0, 0.05) is 16.8 Å². The first kappa shape index (κ1) is 14.0. The molecule has 0 saturated heterocycles. The number of aryl methyl sites for hydroxylation is 1. The number of phenolic OH excluding ortho intramolecular Hbond substituents is 1. The van der Waals surface area contributed by atoms with Crippen molar-refractivity contribution >= 4 is 22.5 Å². The predicted octanol–water partition coefficient (Wildman–Crippen LogP) is 3.64. The number of nitrogens with zero attached hydrogens (tertiary/aromatic N) is 1. The molecule has 4 nitrogen and oxygen atoms in total. The molecule has 3 aromatic rings. The molecule has 2 aromatic carbocycles. The van der Waals surface area contributed by atoms with E-state index in [1.54, 1.807) is 31.2 Å². The monoisotopic (exact) mass is 296 g/mol. The minimum Gasteiger partial charge on any atom is -0.508 e. The first-order valence-electron chi connectivity index (χ1n) is 6.70. The molecule has 1 aromatic heterocycles. The second kappa shape index (κ2) is 5.44. The molecule has 0 aliphatic rings. The van der Waals surface area contributed by atoms with Crippen molar-refractivity contribution in [3.05, 3.63) is 65.6 Å². The zero-order chi connectivity index (χ0) is 15.7. The molecule has 0 bridgehead atoms. The minimum absolute atomic E-state index is 0.116. The molecular weight excluding hydrogens is 283 g/mol. The number of carbonyl (C=O) groups is 1.